The molecule has 0 saturated heterocycles. The van der Waals surface area contributed by atoms with E-state index in [1.54, 1.807) is 0 Å². The number of hydrogen-bond acceptors (Lipinski definition) is 0. The Morgan fingerprint density at radius 2 is 1.08 bits per heavy atom. The minimum Gasteiger partial charge on any atom is -0.309 e. The molecule has 234 valence electrons. The van der Waals surface area contributed by atoms with Gasteiger partial charge in [0, 0.05) is 16.5 Å². The van der Waals surface area contributed by atoms with E-state index in [0.717, 1.165) is 12.8 Å². The minimum absolute atomic E-state index is 0.453. The summed E-state index contributed by atoms with van der Waals surface area (Å²) in [4.78, 5) is 0. The fourth-order valence-electron chi connectivity index (χ4n) is 8.93. The Morgan fingerprint density at radius 3 is 1.96 bits per heavy atom. The molecule has 12 rings (SSSR count). The molecule has 3 aliphatic rings. The third kappa shape index (κ3) is 4.13. The molecule has 3 aliphatic carbocycles. The van der Waals surface area contributed by atoms with Crippen molar-refractivity contribution in [1.29, 1.82) is 0 Å². The SMILES string of the molecule is c1ccc(-n2c3ccccc3c3cc(-c4ccc5c(c4)-c4cc(CC6Cc7ccccc7-c7ccccc76)ccc4-c4cc-5c4)ccc32)cc1. The number of para-hydroxylation sites is 2. The highest BCUT2D eigenvalue weighted by atomic mass is 15.0. The van der Waals surface area contributed by atoms with Gasteiger partial charge in [-0.15, -0.1) is 0 Å². The van der Waals surface area contributed by atoms with Crippen molar-refractivity contribution in [3.63, 3.8) is 0 Å². The van der Waals surface area contributed by atoms with Gasteiger partial charge in [-0.25, -0.2) is 0 Å². The second-order valence-corrected chi connectivity index (χ2v) is 14.1. The lowest BCUT2D eigenvalue weighted by Gasteiger charge is -2.28. The molecular formula is C49H33N. The summed E-state index contributed by atoms with van der Waals surface area (Å²) in [5, 5.41) is 2.56. The lowest BCUT2D eigenvalue weighted by atomic mass is 9.76. The maximum absolute atomic E-state index is 2.49. The largest absolute Gasteiger partial charge is 0.309 e. The maximum atomic E-state index is 2.49. The van der Waals surface area contributed by atoms with Crippen molar-refractivity contribution in [2.75, 3.05) is 0 Å². The van der Waals surface area contributed by atoms with Crippen LogP contribution in [0.1, 0.15) is 22.6 Å². The molecule has 1 nitrogen and oxygen atoms in total. The van der Waals surface area contributed by atoms with Crippen LogP contribution in [0.4, 0.5) is 0 Å². The van der Waals surface area contributed by atoms with E-state index in [1.165, 1.54) is 99.8 Å². The van der Waals surface area contributed by atoms with Gasteiger partial charge in [-0.1, -0.05) is 121 Å². The predicted molar refractivity (Wildman–Crippen MR) is 209 cm³/mol. The van der Waals surface area contributed by atoms with Crippen LogP contribution in [0.2, 0.25) is 0 Å². The molecule has 0 amide bonds. The van der Waals surface area contributed by atoms with Crippen LogP contribution in [0.3, 0.4) is 0 Å². The van der Waals surface area contributed by atoms with Crippen molar-refractivity contribution in [1.82, 2.24) is 4.57 Å². The number of aromatic nitrogens is 1. The first-order valence-electron chi connectivity index (χ1n) is 17.7. The molecule has 8 aromatic carbocycles. The average molecular weight is 636 g/mol. The molecular weight excluding hydrogens is 603 g/mol. The topological polar surface area (TPSA) is 4.93 Å². The molecule has 1 heteroatoms. The van der Waals surface area contributed by atoms with Gasteiger partial charge < -0.3 is 4.57 Å². The number of fused-ring (bicyclic) bond motifs is 6. The molecule has 0 radical (unpaired) electrons. The lowest BCUT2D eigenvalue weighted by molar-refractivity contribution is 0.673. The highest BCUT2D eigenvalue weighted by Gasteiger charge is 2.26. The zero-order chi connectivity index (χ0) is 32.8. The van der Waals surface area contributed by atoms with Gasteiger partial charge in [0.15, 0.2) is 0 Å². The van der Waals surface area contributed by atoms with Crippen LogP contribution in [-0.4, -0.2) is 4.57 Å². The Balaban J connectivity index is 1.01. The minimum atomic E-state index is 0.453. The Kier molecular flexibility index (Phi) is 5.91. The molecule has 1 heterocycles. The first-order valence-corrected chi connectivity index (χ1v) is 17.7. The third-order valence-electron chi connectivity index (χ3n) is 11.3. The van der Waals surface area contributed by atoms with E-state index >= 15 is 0 Å². The standard InChI is InChI=1S/C49H33N/c1-2-11-38(12-3-1)50-48-17-9-8-16-44(48)47-30-33(20-23-49(47)50)32-19-22-42-37-27-36(28-37)41-21-18-31(25-45(41)46(42)29-32)24-35-26-34-10-4-5-13-39(34)43-15-7-6-14-40(35)43/h1-23,25,27-30,35H,24,26H2. The third-order valence-corrected chi connectivity index (χ3v) is 11.3. The maximum Gasteiger partial charge on any atom is 0.0541 e. The summed E-state index contributed by atoms with van der Waals surface area (Å²) >= 11 is 0. The van der Waals surface area contributed by atoms with Crippen LogP contribution in [0.15, 0.2) is 170 Å². The summed E-state index contributed by atoms with van der Waals surface area (Å²) in [5.74, 6) is 0.453. The second-order valence-electron chi connectivity index (χ2n) is 14.1. The smallest absolute Gasteiger partial charge is 0.0541 e. The predicted octanol–water partition coefficient (Wildman–Crippen LogP) is 12.8. The van der Waals surface area contributed by atoms with Gasteiger partial charge in [0.25, 0.3) is 0 Å². The van der Waals surface area contributed by atoms with Crippen LogP contribution in [-0.2, 0) is 12.8 Å². The van der Waals surface area contributed by atoms with Gasteiger partial charge in [0.2, 0.25) is 0 Å². The Bertz CT molecular complexity index is 2750. The number of nitrogens with zero attached hydrogens (tertiary/aromatic N) is 1. The van der Waals surface area contributed by atoms with Gasteiger partial charge in [-0.2, -0.15) is 0 Å². The van der Waals surface area contributed by atoms with E-state index in [4.69, 9.17) is 0 Å². The molecule has 0 fully saturated rings. The summed E-state index contributed by atoms with van der Waals surface area (Å²) in [5.41, 5.74) is 21.3. The van der Waals surface area contributed by atoms with E-state index in [-0.39, 0.29) is 0 Å². The quantitative estimate of drug-likeness (QED) is 0.181. The van der Waals surface area contributed by atoms with Crippen molar-refractivity contribution >= 4 is 21.8 Å². The van der Waals surface area contributed by atoms with E-state index in [2.05, 4.69) is 174 Å². The fraction of sp³-hybridized carbons (Fsp3) is 0.0612. The monoisotopic (exact) mass is 635 g/mol. The molecule has 0 saturated carbocycles. The number of rotatable bonds is 4. The molecule has 9 aromatic rings. The number of benzene rings is 7. The highest BCUT2D eigenvalue weighted by Crippen LogP contribution is 2.49. The first-order chi connectivity index (χ1) is 24.8. The molecule has 50 heavy (non-hydrogen) atoms. The molecule has 0 aliphatic heterocycles. The Morgan fingerprint density at radius 1 is 0.420 bits per heavy atom. The van der Waals surface area contributed by atoms with Crippen molar-refractivity contribution in [2.24, 2.45) is 0 Å². The van der Waals surface area contributed by atoms with Crippen LogP contribution < -0.4 is 0 Å². The Labute approximate surface area is 292 Å². The molecule has 0 N–H and O–H groups in total. The van der Waals surface area contributed by atoms with E-state index in [9.17, 15) is 0 Å². The number of hydrogen-bond donors (Lipinski definition) is 0. The van der Waals surface area contributed by atoms with Crippen LogP contribution in [0, 0.1) is 0 Å². The summed E-state index contributed by atoms with van der Waals surface area (Å²) in [6.45, 7) is 0. The summed E-state index contributed by atoms with van der Waals surface area (Å²) in [6.07, 6.45) is 2.10. The molecule has 1 aromatic heterocycles. The summed E-state index contributed by atoms with van der Waals surface area (Å²) < 4.78 is 2.39. The van der Waals surface area contributed by atoms with Gasteiger partial charge in [0.05, 0.1) is 11.0 Å². The van der Waals surface area contributed by atoms with E-state index in [1.807, 2.05) is 0 Å². The second kappa shape index (κ2) is 10.7. The van der Waals surface area contributed by atoms with Crippen molar-refractivity contribution in [3.8, 4) is 61.3 Å². The molecule has 0 spiro atoms. The summed E-state index contributed by atoms with van der Waals surface area (Å²) in [7, 11) is 0. The first kappa shape index (κ1) is 27.7. The van der Waals surface area contributed by atoms with Gasteiger partial charge in [-0.05, 0) is 140 Å². The lowest BCUT2D eigenvalue weighted by Crippen LogP contribution is -2.13. The summed E-state index contributed by atoms with van der Waals surface area (Å²) in [6, 6.07) is 63.6. The Hall–Kier alpha value is -6.18. The average Bonchev–Trinajstić information content (AvgIpc) is 3.34. The fourth-order valence-corrected chi connectivity index (χ4v) is 8.93. The highest BCUT2D eigenvalue weighted by molar-refractivity contribution is 6.11. The van der Waals surface area contributed by atoms with Gasteiger partial charge in [0.1, 0.15) is 0 Å². The van der Waals surface area contributed by atoms with Crippen molar-refractivity contribution in [3.05, 3.63) is 187 Å². The van der Waals surface area contributed by atoms with Crippen LogP contribution in [0.25, 0.3) is 83.1 Å². The van der Waals surface area contributed by atoms with E-state index in [0.29, 0.717) is 5.92 Å². The van der Waals surface area contributed by atoms with Crippen molar-refractivity contribution in [2.45, 2.75) is 18.8 Å². The zero-order valence-electron chi connectivity index (χ0n) is 27.6. The molecule has 1 atom stereocenters. The van der Waals surface area contributed by atoms with Crippen LogP contribution in [0.5, 0.6) is 0 Å². The van der Waals surface area contributed by atoms with E-state index < -0.39 is 0 Å². The molecule has 2 bridgehead atoms. The van der Waals surface area contributed by atoms with Gasteiger partial charge >= 0.3 is 0 Å². The normalized spacial score (nSPS) is 14.2. The van der Waals surface area contributed by atoms with Crippen molar-refractivity contribution < 1.29 is 0 Å². The van der Waals surface area contributed by atoms with Crippen LogP contribution >= 0.6 is 0 Å². The zero-order valence-corrected chi connectivity index (χ0v) is 27.6. The molecule has 1 unspecified atom stereocenters. The van der Waals surface area contributed by atoms with Gasteiger partial charge in [-0.3, -0.25) is 0 Å².